The molecule has 2 aliphatic rings. The molecule has 40 heavy (non-hydrogen) atoms. The van der Waals surface area contributed by atoms with Gasteiger partial charge in [0.2, 0.25) is 17.7 Å². The van der Waals surface area contributed by atoms with Gasteiger partial charge < -0.3 is 5.32 Å². The van der Waals surface area contributed by atoms with E-state index in [1.165, 1.54) is 21.2 Å². The number of amides is 3. The Bertz CT molecular complexity index is 1720. The molecule has 0 spiro atoms. The predicted octanol–water partition coefficient (Wildman–Crippen LogP) is 5.96. The molecule has 4 aromatic rings. The zero-order chi connectivity index (χ0) is 28.1. The number of thiazole rings is 1. The molecule has 6 rings (SSSR count). The number of halogens is 2. The molecule has 3 atom stereocenters. The van der Waals surface area contributed by atoms with Crippen molar-refractivity contribution < 1.29 is 14.4 Å². The van der Waals surface area contributed by atoms with Gasteiger partial charge in [0, 0.05) is 26.5 Å². The summed E-state index contributed by atoms with van der Waals surface area (Å²) in [6.45, 7) is 1.70. The summed E-state index contributed by atoms with van der Waals surface area (Å²) in [5.41, 5.74) is 2.81. The Morgan fingerprint density at radius 1 is 0.925 bits per heavy atom. The van der Waals surface area contributed by atoms with Crippen LogP contribution in [-0.2, 0) is 20.9 Å². The molecular weight excluding hydrogens is 589 g/mol. The molecule has 202 valence electrons. The van der Waals surface area contributed by atoms with Gasteiger partial charge in [0.05, 0.1) is 16.6 Å². The molecule has 1 fully saturated rings. The van der Waals surface area contributed by atoms with E-state index in [1.807, 2.05) is 37.3 Å². The van der Waals surface area contributed by atoms with Crippen LogP contribution in [0.3, 0.4) is 0 Å². The number of carbonyl (C=O) groups is 3. The molecule has 7 nitrogen and oxygen atoms in total. The lowest BCUT2D eigenvalue weighted by Crippen LogP contribution is -2.33. The van der Waals surface area contributed by atoms with Crippen molar-refractivity contribution in [1.29, 1.82) is 0 Å². The molecule has 1 N–H and O–H groups in total. The van der Waals surface area contributed by atoms with Crippen molar-refractivity contribution in [2.45, 2.75) is 29.7 Å². The van der Waals surface area contributed by atoms with Crippen molar-refractivity contribution in [1.82, 2.24) is 4.57 Å². The van der Waals surface area contributed by atoms with Crippen molar-refractivity contribution in [3.63, 3.8) is 0 Å². The lowest BCUT2D eigenvalue weighted by molar-refractivity contribution is -0.122. The molecular formula is C29H21Cl2N3O4S2. The van der Waals surface area contributed by atoms with E-state index in [0.717, 1.165) is 22.5 Å². The van der Waals surface area contributed by atoms with Crippen molar-refractivity contribution in [2.24, 2.45) is 5.92 Å². The third-order valence-electron chi connectivity index (χ3n) is 6.97. The number of anilines is 2. The van der Waals surface area contributed by atoms with Crippen molar-refractivity contribution in [3.8, 4) is 0 Å². The van der Waals surface area contributed by atoms with Gasteiger partial charge in [-0.25, -0.2) is 4.90 Å². The average Bonchev–Trinajstić information content (AvgIpc) is 3.36. The Kier molecular flexibility index (Phi) is 7.08. The van der Waals surface area contributed by atoms with Crippen LogP contribution in [0.5, 0.6) is 0 Å². The van der Waals surface area contributed by atoms with Gasteiger partial charge in [-0.05, 0) is 66.6 Å². The van der Waals surface area contributed by atoms with Crippen molar-refractivity contribution in [2.75, 3.05) is 10.2 Å². The first-order valence-electron chi connectivity index (χ1n) is 12.4. The van der Waals surface area contributed by atoms with E-state index in [2.05, 4.69) is 5.32 Å². The summed E-state index contributed by atoms with van der Waals surface area (Å²) in [5.74, 6) is -2.39. The van der Waals surface area contributed by atoms with Crippen LogP contribution in [0.2, 0.25) is 10.0 Å². The van der Waals surface area contributed by atoms with Crippen molar-refractivity contribution in [3.05, 3.63) is 109 Å². The van der Waals surface area contributed by atoms with Crippen LogP contribution in [0, 0.1) is 12.8 Å². The summed E-state index contributed by atoms with van der Waals surface area (Å²) in [6, 6.07) is 21.0. The lowest BCUT2D eigenvalue weighted by atomic mass is 9.83. The number of rotatable bonds is 5. The number of hydrogen-bond acceptors (Lipinski definition) is 6. The fourth-order valence-corrected chi connectivity index (χ4v) is 8.22. The largest absolute Gasteiger partial charge is 0.325 e. The summed E-state index contributed by atoms with van der Waals surface area (Å²) in [4.78, 5) is 55.4. The highest BCUT2D eigenvalue weighted by Gasteiger charge is 2.56. The molecule has 3 aromatic carbocycles. The van der Waals surface area contributed by atoms with E-state index >= 15 is 0 Å². The van der Waals surface area contributed by atoms with E-state index in [0.29, 0.717) is 31.3 Å². The smallest absolute Gasteiger partial charge is 0.308 e. The first-order valence-corrected chi connectivity index (χ1v) is 14.8. The Morgan fingerprint density at radius 2 is 1.60 bits per heavy atom. The zero-order valence-corrected chi connectivity index (χ0v) is 24.1. The summed E-state index contributed by atoms with van der Waals surface area (Å²) in [7, 11) is 0. The van der Waals surface area contributed by atoms with Crippen LogP contribution in [0.15, 0.2) is 82.6 Å². The monoisotopic (exact) mass is 609 g/mol. The van der Waals surface area contributed by atoms with Gasteiger partial charge in [0.15, 0.2) is 0 Å². The Morgan fingerprint density at radius 3 is 2.27 bits per heavy atom. The Hall–Kier alpha value is -3.37. The summed E-state index contributed by atoms with van der Waals surface area (Å²) in [6.07, 6.45) is 0. The highest BCUT2D eigenvalue weighted by Crippen LogP contribution is 2.54. The second-order valence-corrected chi connectivity index (χ2v) is 12.6. The fourth-order valence-electron chi connectivity index (χ4n) is 5.20. The molecule has 0 bridgehead atoms. The van der Waals surface area contributed by atoms with Crippen LogP contribution in [0.1, 0.15) is 21.9 Å². The number of thioether (sulfide) groups is 1. The van der Waals surface area contributed by atoms with Crippen molar-refractivity contribution >= 4 is 75.4 Å². The normalized spacial score (nSPS) is 19.9. The molecule has 1 aromatic heterocycles. The average molecular weight is 611 g/mol. The number of benzene rings is 3. The number of fused-ring (bicyclic) bond motifs is 2. The van der Waals surface area contributed by atoms with E-state index in [1.54, 1.807) is 42.5 Å². The number of imide groups is 1. The summed E-state index contributed by atoms with van der Waals surface area (Å²) >= 11 is 14.4. The molecule has 3 amide bonds. The topological polar surface area (TPSA) is 88.5 Å². The highest BCUT2D eigenvalue weighted by molar-refractivity contribution is 8.00. The second kappa shape index (κ2) is 10.6. The SMILES string of the molecule is Cc1cccc(NC(=O)Cn2c3c(sc2=O)C(c2ccc(Cl)cc2)C2C(=O)N(c4ccc(Cl)cc4)C(=O)C2S3)c1. The molecule has 3 heterocycles. The standard InChI is InChI=1S/C29H21Cl2N3O4S2/c1-15-3-2-4-19(13-15)32-21(35)14-33-28-25(40-29(33)38)22(16-5-7-17(30)8-6-16)23-24(39-28)27(37)34(26(23)36)20-11-9-18(31)10-12-20/h2-13,22-24H,14H2,1H3,(H,32,35). The number of nitrogens with one attached hydrogen (secondary N) is 1. The quantitative estimate of drug-likeness (QED) is 0.282. The molecule has 1 saturated heterocycles. The maximum atomic E-state index is 13.9. The summed E-state index contributed by atoms with van der Waals surface area (Å²) < 4.78 is 1.40. The van der Waals surface area contributed by atoms with Gasteiger partial charge in [-0.3, -0.25) is 23.7 Å². The number of aryl methyl sites for hydroxylation is 1. The van der Waals surface area contributed by atoms with Gasteiger partial charge in [-0.15, -0.1) is 0 Å². The van der Waals surface area contributed by atoms with E-state index in [4.69, 9.17) is 23.2 Å². The van der Waals surface area contributed by atoms with Gasteiger partial charge in [0.1, 0.15) is 11.8 Å². The minimum Gasteiger partial charge on any atom is -0.325 e. The predicted molar refractivity (Wildman–Crippen MR) is 159 cm³/mol. The second-order valence-electron chi connectivity index (χ2n) is 9.62. The van der Waals surface area contributed by atoms with Gasteiger partial charge >= 0.3 is 4.87 Å². The van der Waals surface area contributed by atoms with Gasteiger partial charge in [-0.1, -0.05) is 70.6 Å². The molecule has 0 aliphatic carbocycles. The Balaban J connectivity index is 1.41. The number of nitrogens with zero attached hydrogens (tertiary/aromatic N) is 2. The minimum absolute atomic E-state index is 0.223. The first kappa shape index (κ1) is 26.8. The van der Waals surface area contributed by atoms with E-state index < -0.39 is 17.1 Å². The van der Waals surface area contributed by atoms with Crippen LogP contribution in [-0.4, -0.2) is 27.5 Å². The third-order valence-corrected chi connectivity index (χ3v) is 10.1. The molecule has 11 heteroatoms. The van der Waals surface area contributed by atoms with Crippen LogP contribution in [0.25, 0.3) is 0 Å². The molecule has 0 radical (unpaired) electrons. The molecule has 2 aliphatic heterocycles. The van der Waals surface area contributed by atoms with Crippen LogP contribution in [0.4, 0.5) is 11.4 Å². The molecule has 0 saturated carbocycles. The maximum absolute atomic E-state index is 13.9. The van der Waals surface area contributed by atoms with Gasteiger partial charge in [-0.2, -0.15) is 0 Å². The number of hydrogen-bond donors (Lipinski definition) is 1. The van der Waals surface area contributed by atoms with Crippen LogP contribution < -0.4 is 15.1 Å². The minimum atomic E-state index is -0.781. The zero-order valence-electron chi connectivity index (χ0n) is 21.0. The highest BCUT2D eigenvalue weighted by atomic mass is 35.5. The lowest BCUT2D eigenvalue weighted by Gasteiger charge is -2.30. The van der Waals surface area contributed by atoms with Crippen LogP contribution >= 0.6 is 46.3 Å². The number of carbonyl (C=O) groups excluding carboxylic acids is 3. The van der Waals surface area contributed by atoms with E-state index in [9.17, 15) is 19.2 Å². The van der Waals surface area contributed by atoms with E-state index in [-0.39, 0.29) is 29.1 Å². The fraction of sp³-hybridized carbons (Fsp3) is 0.172. The maximum Gasteiger partial charge on any atom is 0.308 e. The molecule has 3 unspecified atom stereocenters. The number of aromatic nitrogens is 1. The first-order chi connectivity index (χ1) is 19.2. The van der Waals surface area contributed by atoms with Gasteiger partial charge in [0.25, 0.3) is 0 Å². The Labute approximate surface area is 247 Å². The third kappa shape index (κ3) is 4.77. The summed E-state index contributed by atoms with van der Waals surface area (Å²) in [5, 5.41) is 3.60.